The van der Waals surface area contributed by atoms with E-state index in [0.29, 0.717) is 6.42 Å². The lowest BCUT2D eigenvalue weighted by molar-refractivity contribution is -0.141. The fourth-order valence-electron chi connectivity index (χ4n) is 3.04. The number of cyclic esters (lactones) is 1. The number of carbonyl (C=O) groups is 2. The smallest absolute Gasteiger partial charge is 0.346 e. The van der Waals surface area contributed by atoms with Gasteiger partial charge in [0.25, 0.3) is 0 Å². The molecule has 2 unspecified atom stereocenters. The van der Waals surface area contributed by atoms with Crippen LogP contribution in [0.3, 0.4) is 0 Å². The molecule has 3 rings (SSSR count). The van der Waals surface area contributed by atoms with E-state index < -0.39 is 12.1 Å². The van der Waals surface area contributed by atoms with Gasteiger partial charge in [0.2, 0.25) is 5.78 Å². The second kappa shape index (κ2) is 6.40. The number of hydrogen-bond acceptors (Lipinski definition) is 5. The summed E-state index contributed by atoms with van der Waals surface area (Å²) in [5, 5.41) is 10.6. The molecule has 1 aromatic rings. The highest BCUT2D eigenvalue weighted by Gasteiger charge is 2.48. The van der Waals surface area contributed by atoms with Gasteiger partial charge in [0, 0.05) is 17.6 Å². The van der Waals surface area contributed by atoms with Gasteiger partial charge in [-0.15, -0.1) is 0 Å². The Morgan fingerprint density at radius 1 is 1.35 bits per heavy atom. The van der Waals surface area contributed by atoms with Gasteiger partial charge in [0.1, 0.15) is 11.3 Å². The topological polar surface area (TPSA) is 63.6 Å². The number of esters is 1. The van der Waals surface area contributed by atoms with Crippen LogP contribution in [0.15, 0.2) is 41.7 Å². The first kappa shape index (κ1) is 16.1. The first-order valence-electron chi connectivity index (χ1n) is 7.79. The maximum Gasteiger partial charge on any atom is 0.346 e. The first-order valence-corrected chi connectivity index (χ1v) is 9.07. The fraction of sp³-hybridized carbons (Fsp3) is 0.444. The lowest BCUT2D eigenvalue weighted by atomic mass is 10.0. The first-order chi connectivity index (χ1) is 11.0. The van der Waals surface area contributed by atoms with E-state index in [-0.39, 0.29) is 34.2 Å². The van der Waals surface area contributed by atoms with E-state index in [4.69, 9.17) is 4.74 Å². The molecular formula is C18H20O4S. The molecule has 2 aliphatic rings. The van der Waals surface area contributed by atoms with E-state index >= 15 is 0 Å². The molecular weight excluding hydrogens is 312 g/mol. The summed E-state index contributed by atoms with van der Waals surface area (Å²) in [5.41, 5.74) is 0.989. The van der Waals surface area contributed by atoms with Crippen molar-refractivity contribution in [2.24, 2.45) is 5.92 Å². The van der Waals surface area contributed by atoms with E-state index in [1.807, 2.05) is 43.5 Å². The summed E-state index contributed by atoms with van der Waals surface area (Å²) in [7, 11) is 0. The van der Waals surface area contributed by atoms with Crippen LogP contribution in [0.5, 0.6) is 0 Å². The molecule has 4 atom stereocenters. The van der Waals surface area contributed by atoms with Crippen LogP contribution < -0.4 is 0 Å². The van der Waals surface area contributed by atoms with E-state index in [1.54, 1.807) is 11.8 Å². The molecule has 2 fully saturated rings. The second-order valence-electron chi connectivity index (χ2n) is 6.16. The molecule has 0 spiro atoms. The third-order valence-electron chi connectivity index (χ3n) is 4.57. The van der Waals surface area contributed by atoms with Gasteiger partial charge in [-0.05, 0) is 24.2 Å². The van der Waals surface area contributed by atoms with Gasteiger partial charge in [0.05, 0.1) is 0 Å². The Kier molecular flexibility index (Phi) is 4.48. The maximum atomic E-state index is 12.4. The van der Waals surface area contributed by atoms with Crippen molar-refractivity contribution in [2.75, 3.05) is 6.26 Å². The standard InChI is InChI=1S/C18H20O4S/c1-10(23-2)8-14-17(20)15(18(21)22-14)16(19)13-9-12(13)11-6-4-3-5-7-11/h3-7,10,12-14,19H,8-9H2,1-2H3/t10?,12-,13+,14?/m0/s1. The number of ketones is 1. The number of benzene rings is 1. The highest BCUT2D eigenvalue weighted by molar-refractivity contribution is 7.99. The Labute approximate surface area is 139 Å². The molecule has 0 radical (unpaired) electrons. The van der Waals surface area contributed by atoms with Crippen molar-refractivity contribution in [2.45, 2.75) is 37.0 Å². The van der Waals surface area contributed by atoms with Crippen LogP contribution in [0, 0.1) is 5.92 Å². The molecule has 0 bridgehead atoms. The van der Waals surface area contributed by atoms with Crippen molar-refractivity contribution < 1.29 is 19.4 Å². The average molecular weight is 332 g/mol. The fourth-order valence-corrected chi connectivity index (χ4v) is 3.41. The van der Waals surface area contributed by atoms with Gasteiger partial charge < -0.3 is 9.84 Å². The zero-order valence-electron chi connectivity index (χ0n) is 13.2. The Bertz CT molecular complexity index is 652. The van der Waals surface area contributed by atoms with Crippen molar-refractivity contribution >= 4 is 23.5 Å². The average Bonchev–Trinajstić information content (AvgIpc) is 3.30. The van der Waals surface area contributed by atoms with Crippen LogP contribution in [-0.2, 0) is 14.3 Å². The van der Waals surface area contributed by atoms with Crippen LogP contribution in [-0.4, -0.2) is 34.5 Å². The molecule has 1 aromatic carbocycles. The predicted octanol–water partition coefficient (Wildman–Crippen LogP) is 3.24. The van der Waals surface area contributed by atoms with Gasteiger partial charge in [-0.25, -0.2) is 4.79 Å². The molecule has 1 saturated heterocycles. The Morgan fingerprint density at radius 3 is 2.70 bits per heavy atom. The largest absolute Gasteiger partial charge is 0.511 e. The maximum absolute atomic E-state index is 12.4. The molecule has 122 valence electrons. The quantitative estimate of drug-likeness (QED) is 0.388. The summed E-state index contributed by atoms with van der Waals surface area (Å²) in [6.07, 6.45) is 2.44. The number of thioether (sulfide) groups is 1. The van der Waals surface area contributed by atoms with Gasteiger partial charge in [-0.3, -0.25) is 4.79 Å². The van der Waals surface area contributed by atoms with Gasteiger partial charge in [-0.1, -0.05) is 37.3 Å². The molecule has 1 N–H and O–H groups in total. The molecule has 1 saturated carbocycles. The van der Waals surface area contributed by atoms with Crippen LogP contribution in [0.25, 0.3) is 0 Å². The zero-order chi connectivity index (χ0) is 16.6. The molecule has 0 aromatic heterocycles. The molecule has 4 nitrogen and oxygen atoms in total. The third-order valence-corrected chi connectivity index (χ3v) is 5.56. The molecule has 23 heavy (non-hydrogen) atoms. The van der Waals surface area contributed by atoms with E-state index in [2.05, 4.69) is 0 Å². The number of carbonyl (C=O) groups excluding carboxylic acids is 2. The minimum atomic E-state index is -0.754. The van der Waals surface area contributed by atoms with Crippen LogP contribution in [0.1, 0.15) is 31.2 Å². The Morgan fingerprint density at radius 2 is 2.04 bits per heavy atom. The van der Waals surface area contributed by atoms with Crippen molar-refractivity contribution in [3.05, 3.63) is 47.2 Å². The predicted molar refractivity (Wildman–Crippen MR) is 89.4 cm³/mol. The van der Waals surface area contributed by atoms with Crippen molar-refractivity contribution in [3.8, 4) is 0 Å². The Hall–Kier alpha value is -1.75. The minimum absolute atomic E-state index is 0.0897. The number of ether oxygens (including phenoxy) is 1. The summed E-state index contributed by atoms with van der Waals surface area (Å²) >= 11 is 1.62. The Balaban J connectivity index is 1.76. The highest BCUT2D eigenvalue weighted by atomic mass is 32.2. The van der Waals surface area contributed by atoms with Gasteiger partial charge in [-0.2, -0.15) is 11.8 Å². The van der Waals surface area contributed by atoms with Gasteiger partial charge >= 0.3 is 5.97 Å². The summed E-state index contributed by atoms with van der Waals surface area (Å²) < 4.78 is 5.18. The van der Waals surface area contributed by atoms with Gasteiger partial charge in [0.15, 0.2) is 6.10 Å². The third kappa shape index (κ3) is 3.15. The minimum Gasteiger partial charge on any atom is -0.511 e. The van der Waals surface area contributed by atoms with E-state index in [0.717, 1.165) is 12.0 Å². The summed E-state index contributed by atoms with van der Waals surface area (Å²) in [6.45, 7) is 1.99. The number of allylic oxidation sites excluding steroid dienone is 1. The molecule has 5 heteroatoms. The van der Waals surface area contributed by atoms with Crippen molar-refractivity contribution in [1.29, 1.82) is 0 Å². The summed E-state index contributed by atoms with van der Waals surface area (Å²) in [5.74, 6) is -1.11. The summed E-state index contributed by atoms with van der Waals surface area (Å²) in [6, 6.07) is 9.84. The van der Waals surface area contributed by atoms with Crippen LogP contribution in [0.4, 0.5) is 0 Å². The van der Waals surface area contributed by atoms with Crippen molar-refractivity contribution in [1.82, 2.24) is 0 Å². The molecule has 0 amide bonds. The van der Waals surface area contributed by atoms with Crippen LogP contribution >= 0.6 is 11.8 Å². The number of hydrogen-bond donors (Lipinski definition) is 1. The summed E-state index contributed by atoms with van der Waals surface area (Å²) in [4.78, 5) is 24.4. The second-order valence-corrected chi connectivity index (χ2v) is 7.44. The normalized spacial score (nSPS) is 30.1. The molecule has 1 aliphatic carbocycles. The monoisotopic (exact) mass is 332 g/mol. The highest BCUT2D eigenvalue weighted by Crippen LogP contribution is 2.52. The lowest BCUT2D eigenvalue weighted by Gasteiger charge is -2.11. The van der Waals surface area contributed by atoms with E-state index in [9.17, 15) is 14.7 Å². The molecule has 1 aliphatic heterocycles. The molecule has 1 heterocycles. The number of aliphatic hydroxyl groups excluding tert-OH is 1. The number of rotatable bonds is 5. The lowest BCUT2D eigenvalue weighted by Crippen LogP contribution is -2.20. The van der Waals surface area contributed by atoms with Crippen LogP contribution in [0.2, 0.25) is 0 Å². The SMILES string of the molecule is CSC(C)CC1OC(=O)C(=C(O)[C@@H]2C[C@H]2c2ccccc2)C1=O. The number of Topliss-reactive ketones (excluding diaryl/α,β-unsaturated/α-hetero) is 1. The zero-order valence-corrected chi connectivity index (χ0v) is 14.0. The van der Waals surface area contributed by atoms with Crippen molar-refractivity contribution in [3.63, 3.8) is 0 Å². The van der Waals surface area contributed by atoms with E-state index in [1.165, 1.54) is 0 Å². The number of aliphatic hydroxyl groups is 1.